The SMILES string of the molecule is CCOc1ccc(S(=O)(=O)Nc2cc(-c3cn4cccnc4n3)ccc2OC)cc1C. The molecular weight excluding hydrogens is 416 g/mol. The van der Waals surface area contributed by atoms with E-state index in [1.807, 2.05) is 38.4 Å². The van der Waals surface area contributed by atoms with Crippen molar-refractivity contribution in [3.63, 3.8) is 0 Å². The molecule has 2 heterocycles. The Kier molecular flexibility index (Phi) is 5.51. The van der Waals surface area contributed by atoms with Crippen molar-refractivity contribution in [2.24, 2.45) is 0 Å². The molecule has 0 radical (unpaired) electrons. The molecule has 0 spiro atoms. The second-order valence-corrected chi connectivity index (χ2v) is 8.52. The molecule has 31 heavy (non-hydrogen) atoms. The van der Waals surface area contributed by atoms with Crippen LogP contribution in [0.5, 0.6) is 11.5 Å². The van der Waals surface area contributed by atoms with E-state index in [2.05, 4.69) is 14.7 Å². The van der Waals surface area contributed by atoms with Crippen molar-refractivity contribution in [2.45, 2.75) is 18.7 Å². The van der Waals surface area contributed by atoms with E-state index in [9.17, 15) is 8.42 Å². The molecule has 4 rings (SSSR count). The molecule has 9 heteroatoms. The summed E-state index contributed by atoms with van der Waals surface area (Å²) in [5, 5.41) is 0. The lowest BCUT2D eigenvalue weighted by atomic mass is 10.1. The molecule has 8 nitrogen and oxygen atoms in total. The zero-order chi connectivity index (χ0) is 22.0. The highest BCUT2D eigenvalue weighted by Crippen LogP contribution is 2.32. The number of hydrogen-bond acceptors (Lipinski definition) is 6. The van der Waals surface area contributed by atoms with E-state index in [4.69, 9.17) is 9.47 Å². The number of imidazole rings is 1. The van der Waals surface area contributed by atoms with Gasteiger partial charge in [-0.1, -0.05) is 0 Å². The summed E-state index contributed by atoms with van der Waals surface area (Å²) in [5.41, 5.74) is 2.45. The summed E-state index contributed by atoms with van der Waals surface area (Å²) in [5.74, 6) is 1.61. The van der Waals surface area contributed by atoms with E-state index in [0.29, 0.717) is 35.3 Å². The van der Waals surface area contributed by atoms with Crippen LogP contribution in [0, 0.1) is 6.92 Å². The molecule has 2 aromatic heterocycles. The second kappa shape index (κ2) is 8.27. The Balaban J connectivity index is 1.70. The van der Waals surface area contributed by atoms with E-state index >= 15 is 0 Å². The fraction of sp³-hybridized carbons (Fsp3) is 0.182. The van der Waals surface area contributed by atoms with Gasteiger partial charge in [0.2, 0.25) is 5.78 Å². The van der Waals surface area contributed by atoms with Crippen molar-refractivity contribution in [1.82, 2.24) is 14.4 Å². The van der Waals surface area contributed by atoms with Gasteiger partial charge in [0.05, 0.1) is 30.0 Å². The summed E-state index contributed by atoms with van der Waals surface area (Å²) in [4.78, 5) is 8.85. The molecule has 0 bridgehead atoms. The molecule has 4 aromatic rings. The lowest BCUT2D eigenvalue weighted by Gasteiger charge is -2.14. The Morgan fingerprint density at radius 2 is 1.94 bits per heavy atom. The van der Waals surface area contributed by atoms with Crippen LogP contribution in [0.1, 0.15) is 12.5 Å². The number of benzene rings is 2. The largest absolute Gasteiger partial charge is 0.495 e. The number of aromatic nitrogens is 3. The third-order valence-corrected chi connectivity index (χ3v) is 6.09. The maximum Gasteiger partial charge on any atom is 0.262 e. The number of fused-ring (bicyclic) bond motifs is 1. The maximum absolute atomic E-state index is 13.0. The third kappa shape index (κ3) is 4.17. The van der Waals surface area contributed by atoms with Gasteiger partial charge in [-0.15, -0.1) is 0 Å². The molecule has 0 unspecified atom stereocenters. The number of hydrogen-bond donors (Lipinski definition) is 1. The average molecular weight is 439 g/mol. The lowest BCUT2D eigenvalue weighted by molar-refractivity contribution is 0.337. The van der Waals surface area contributed by atoms with Crippen LogP contribution in [0.15, 0.2) is 66.0 Å². The smallest absolute Gasteiger partial charge is 0.262 e. The first kappa shape index (κ1) is 20.7. The Hall–Kier alpha value is -3.59. The number of methoxy groups -OCH3 is 1. The molecule has 0 fully saturated rings. The van der Waals surface area contributed by atoms with Crippen LogP contribution < -0.4 is 14.2 Å². The third-order valence-electron chi connectivity index (χ3n) is 4.73. The minimum absolute atomic E-state index is 0.137. The average Bonchev–Trinajstić information content (AvgIpc) is 3.19. The van der Waals surface area contributed by atoms with Crippen LogP contribution in [0.3, 0.4) is 0 Å². The van der Waals surface area contributed by atoms with E-state index in [1.54, 1.807) is 34.9 Å². The molecule has 0 atom stereocenters. The van der Waals surface area contributed by atoms with Gasteiger partial charge < -0.3 is 9.47 Å². The lowest BCUT2D eigenvalue weighted by Crippen LogP contribution is -2.14. The number of sulfonamides is 1. The van der Waals surface area contributed by atoms with Gasteiger partial charge >= 0.3 is 0 Å². The molecule has 1 N–H and O–H groups in total. The summed E-state index contributed by atoms with van der Waals surface area (Å²) in [7, 11) is -2.36. The summed E-state index contributed by atoms with van der Waals surface area (Å²) < 4.78 is 41.4. The highest BCUT2D eigenvalue weighted by molar-refractivity contribution is 7.92. The molecule has 0 aliphatic rings. The number of nitrogens with one attached hydrogen (secondary N) is 1. The summed E-state index contributed by atoms with van der Waals surface area (Å²) in [6.45, 7) is 4.19. The first-order chi connectivity index (χ1) is 14.9. The van der Waals surface area contributed by atoms with Gasteiger partial charge in [-0.2, -0.15) is 0 Å². The Morgan fingerprint density at radius 3 is 2.65 bits per heavy atom. The van der Waals surface area contributed by atoms with Crippen molar-refractivity contribution < 1.29 is 17.9 Å². The van der Waals surface area contributed by atoms with Gasteiger partial charge in [0.25, 0.3) is 10.0 Å². The van der Waals surface area contributed by atoms with Crippen molar-refractivity contribution in [1.29, 1.82) is 0 Å². The maximum atomic E-state index is 13.0. The van der Waals surface area contributed by atoms with Crippen molar-refractivity contribution >= 4 is 21.5 Å². The molecule has 0 saturated heterocycles. The minimum Gasteiger partial charge on any atom is -0.495 e. The molecule has 0 aliphatic heterocycles. The highest BCUT2D eigenvalue weighted by Gasteiger charge is 2.19. The van der Waals surface area contributed by atoms with Crippen molar-refractivity contribution in [3.8, 4) is 22.8 Å². The van der Waals surface area contributed by atoms with E-state index in [1.165, 1.54) is 13.2 Å². The Bertz CT molecular complexity index is 1320. The van der Waals surface area contributed by atoms with Crippen LogP contribution in [0.25, 0.3) is 17.0 Å². The minimum atomic E-state index is -3.85. The second-order valence-electron chi connectivity index (χ2n) is 6.83. The number of aryl methyl sites for hydroxylation is 1. The monoisotopic (exact) mass is 438 g/mol. The van der Waals surface area contributed by atoms with Crippen molar-refractivity contribution in [3.05, 3.63) is 66.6 Å². The zero-order valence-corrected chi connectivity index (χ0v) is 18.2. The molecule has 0 saturated carbocycles. The highest BCUT2D eigenvalue weighted by atomic mass is 32.2. The van der Waals surface area contributed by atoms with Gasteiger partial charge in [0.1, 0.15) is 11.5 Å². The number of nitrogens with zero attached hydrogens (tertiary/aromatic N) is 3. The Labute approximate surface area is 180 Å². The van der Waals surface area contributed by atoms with E-state index < -0.39 is 10.0 Å². The van der Waals surface area contributed by atoms with Crippen LogP contribution in [0.2, 0.25) is 0 Å². The van der Waals surface area contributed by atoms with Crippen LogP contribution in [0.4, 0.5) is 5.69 Å². The number of ether oxygens (including phenoxy) is 2. The number of anilines is 1. The first-order valence-corrected chi connectivity index (χ1v) is 11.1. The van der Waals surface area contributed by atoms with Crippen LogP contribution in [-0.2, 0) is 10.0 Å². The van der Waals surface area contributed by atoms with E-state index in [-0.39, 0.29) is 4.90 Å². The fourth-order valence-corrected chi connectivity index (χ4v) is 4.37. The van der Waals surface area contributed by atoms with Crippen LogP contribution >= 0.6 is 0 Å². The van der Waals surface area contributed by atoms with Gasteiger partial charge in [-0.3, -0.25) is 9.12 Å². The van der Waals surface area contributed by atoms with E-state index in [0.717, 1.165) is 11.1 Å². The molecule has 0 aliphatic carbocycles. The van der Waals surface area contributed by atoms with Crippen molar-refractivity contribution in [2.75, 3.05) is 18.4 Å². The standard InChI is InChI=1S/C22H22N4O4S/c1-4-30-20-9-7-17(12-15(20)2)31(27,28)25-18-13-16(6-8-21(18)29-3)19-14-26-11-5-10-23-22(26)24-19/h5-14,25H,4H2,1-3H3. The summed E-state index contributed by atoms with van der Waals surface area (Å²) in [6.07, 6.45) is 5.34. The number of rotatable bonds is 7. The summed E-state index contributed by atoms with van der Waals surface area (Å²) in [6, 6.07) is 11.8. The fourth-order valence-electron chi connectivity index (χ4n) is 3.23. The predicted octanol–water partition coefficient (Wildman–Crippen LogP) is 3.91. The topological polar surface area (TPSA) is 94.8 Å². The van der Waals surface area contributed by atoms with Crippen LogP contribution in [-0.4, -0.2) is 36.5 Å². The van der Waals surface area contributed by atoms with Gasteiger partial charge in [-0.05, 0) is 61.9 Å². The van der Waals surface area contributed by atoms with Gasteiger partial charge in [0.15, 0.2) is 0 Å². The Morgan fingerprint density at radius 1 is 1.13 bits per heavy atom. The molecule has 0 amide bonds. The molecular formula is C22H22N4O4S. The quantitative estimate of drug-likeness (QED) is 0.470. The van der Waals surface area contributed by atoms with Gasteiger partial charge in [-0.25, -0.2) is 18.4 Å². The molecule has 2 aromatic carbocycles. The predicted molar refractivity (Wildman–Crippen MR) is 118 cm³/mol. The molecule has 160 valence electrons. The van der Waals surface area contributed by atoms with Gasteiger partial charge in [0, 0.05) is 24.2 Å². The zero-order valence-electron chi connectivity index (χ0n) is 17.4. The summed E-state index contributed by atoms with van der Waals surface area (Å²) >= 11 is 0. The normalized spacial score (nSPS) is 11.5. The first-order valence-electron chi connectivity index (χ1n) is 9.65.